The Morgan fingerprint density at radius 3 is 1.84 bits per heavy atom. The van der Waals surface area contributed by atoms with E-state index in [0.717, 1.165) is 47.1 Å². The normalized spacial score (nSPS) is 25.6. The summed E-state index contributed by atoms with van der Waals surface area (Å²) < 4.78 is 28.9. The molecule has 8 heteroatoms. The number of nitrogens with one attached hydrogen (secondary N) is 1. The van der Waals surface area contributed by atoms with Crippen LogP contribution in [0.25, 0.3) is 11.1 Å². The van der Waals surface area contributed by atoms with Crippen LogP contribution in [0, 0.1) is 23.7 Å². The van der Waals surface area contributed by atoms with E-state index in [9.17, 15) is 14.7 Å². The van der Waals surface area contributed by atoms with E-state index in [1.54, 1.807) is 0 Å². The molecule has 0 aromatic heterocycles. The van der Waals surface area contributed by atoms with Gasteiger partial charge in [-0.25, -0.2) is 4.79 Å². The topological polar surface area (TPSA) is 102 Å². The highest BCUT2D eigenvalue weighted by atomic mass is 31.2. The van der Waals surface area contributed by atoms with Crippen LogP contribution in [0.5, 0.6) is 0 Å². The Hall–Kier alpha value is -4.19. The molecule has 3 atom stereocenters. The van der Waals surface area contributed by atoms with Crippen molar-refractivity contribution in [3.8, 4) is 11.1 Å². The van der Waals surface area contributed by atoms with E-state index in [4.69, 9.17) is 9.26 Å². The van der Waals surface area contributed by atoms with Gasteiger partial charge in [-0.15, -0.1) is 0 Å². The zero-order chi connectivity index (χ0) is 34.3. The molecular formula is C42H44NO6P. The van der Waals surface area contributed by atoms with Gasteiger partial charge in [-0.2, -0.15) is 0 Å². The quantitative estimate of drug-likeness (QED) is 0.144. The van der Waals surface area contributed by atoms with Gasteiger partial charge in [0.1, 0.15) is 12.4 Å². The van der Waals surface area contributed by atoms with Crippen LogP contribution in [-0.4, -0.2) is 35.5 Å². The van der Waals surface area contributed by atoms with Gasteiger partial charge in [0, 0.05) is 12.1 Å². The van der Waals surface area contributed by atoms with Crippen LogP contribution in [0.2, 0.25) is 0 Å². The van der Waals surface area contributed by atoms with Crippen LogP contribution < -0.4 is 5.32 Å². The SMILES string of the molecule is O=C(NC(c1ccccc1)P(=O)(CC(Cc1ccccc1)C(=O)O)OC12CC3CC(CC(C3)C1)C2)OCC1c2ccccc2-c2ccccc21. The van der Waals surface area contributed by atoms with Crippen molar-refractivity contribution >= 4 is 19.4 Å². The molecule has 4 aromatic rings. The number of benzene rings is 4. The number of carboxylic acid groups (broad SMARTS) is 1. The highest BCUT2D eigenvalue weighted by Crippen LogP contribution is 2.68. The molecule has 4 aromatic carbocycles. The minimum absolute atomic E-state index is 0.104. The summed E-state index contributed by atoms with van der Waals surface area (Å²) in [6, 6.07) is 35.0. The number of rotatable bonds is 12. The van der Waals surface area contributed by atoms with Gasteiger partial charge in [0.2, 0.25) is 7.37 Å². The predicted molar refractivity (Wildman–Crippen MR) is 193 cm³/mol. The molecule has 4 saturated carbocycles. The Balaban J connectivity index is 1.11. The number of hydrogen-bond donors (Lipinski definition) is 2. The molecule has 0 spiro atoms. The molecule has 4 fully saturated rings. The number of hydrogen-bond acceptors (Lipinski definition) is 5. The van der Waals surface area contributed by atoms with Crippen molar-refractivity contribution < 1.29 is 28.5 Å². The molecule has 9 rings (SSSR count). The highest BCUT2D eigenvalue weighted by molar-refractivity contribution is 7.59. The van der Waals surface area contributed by atoms with Crippen molar-refractivity contribution in [3.05, 3.63) is 131 Å². The fourth-order valence-electron chi connectivity index (χ4n) is 9.90. The number of carbonyl (C=O) groups excluding carboxylic acids is 1. The largest absolute Gasteiger partial charge is 0.481 e. The molecule has 7 nitrogen and oxygen atoms in total. The van der Waals surface area contributed by atoms with E-state index in [0.29, 0.717) is 23.3 Å². The van der Waals surface area contributed by atoms with E-state index in [1.807, 2.05) is 84.9 Å². The van der Waals surface area contributed by atoms with E-state index in [2.05, 4.69) is 29.6 Å². The van der Waals surface area contributed by atoms with Gasteiger partial charge >= 0.3 is 12.1 Å². The van der Waals surface area contributed by atoms with Gasteiger partial charge in [0.25, 0.3) is 0 Å². The Labute approximate surface area is 293 Å². The summed E-state index contributed by atoms with van der Waals surface area (Å²) >= 11 is 0. The smallest absolute Gasteiger partial charge is 0.408 e. The highest BCUT2D eigenvalue weighted by Gasteiger charge is 2.56. The fraction of sp³-hybridized carbons (Fsp3) is 0.381. The average Bonchev–Trinajstić information content (AvgIpc) is 3.43. The first-order chi connectivity index (χ1) is 24.3. The molecule has 5 aliphatic rings. The lowest BCUT2D eigenvalue weighted by Gasteiger charge is -2.57. The lowest BCUT2D eigenvalue weighted by molar-refractivity contribution is -0.141. The number of fused-ring (bicyclic) bond motifs is 3. The van der Waals surface area contributed by atoms with Gasteiger partial charge in [-0.1, -0.05) is 109 Å². The van der Waals surface area contributed by atoms with E-state index >= 15 is 4.57 Å². The second-order valence-corrected chi connectivity index (χ2v) is 17.6. The summed E-state index contributed by atoms with van der Waals surface area (Å²) in [5, 5.41) is 13.5. The van der Waals surface area contributed by atoms with E-state index < -0.39 is 36.7 Å². The van der Waals surface area contributed by atoms with Crippen LogP contribution in [0.15, 0.2) is 109 Å². The number of aliphatic carboxylic acids is 1. The summed E-state index contributed by atoms with van der Waals surface area (Å²) in [7, 11) is -3.95. The minimum atomic E-state index is -3.95. The molecule has 3 unspecified atom stereocenters. The summed E-state index contributed by atoms with van der Waals surface area (Å²) in [5.41, 5.74) is 5.33. The molecule has 258 valence electrons. The van der Waals surface area contributed by atoms with Crippen LogP contribution in [0.4, 0.5) is 4.79 Å². The third kappa shape index (κ3) is 6.54. The zero-order valence-electron chi connectivity index (χ0n) is 28.2. The number of alkyl carbamates (subject to hydrolysis) is 1. The molecule has 2 N–H and O–H groups in total. The van der Waals surface area contributed by atoms with Gasteiger partial charge < -0.3 is 19.7 Å². The van der Waals surface area contributed by atoms with Crippen molar-refractivity contribution in [2.24, 2.45) is 23.7 Å². The lowest BCUT2D eigenvalue weighted by Crippen LogP contribution is -2.52. The first kappa shape index (κ1) is 33.0. The Kier molecular flexibility index (Phi) is 8.91. The maximum Gasteiger partial charge on any atom is 0.408 e. The molecule has 5 aliphatic carbocycles. The van der Waals surface area contributed by atoms with Gasteiger partial charge in [-0.05, 0) is 96.1 Å². The van der Waals surface area contributed by atoms with Gasteiger partial charge in [0.15, 0.2) is 0 Å². The summed E-state index contributed by atoms with van der Waals surface area (Å²) in [4.78, 5) is 26.8. The first-order valence-corrected chi connectivity index (χ1v) is 19.9. The number of amides is 1. The predicted octanol–water partition coefficient (Wildman–Crippen LogP) is 9.43. The zero-order valence-corrected chi connectivity index (χ0v) is 29.1. The minimum Gasteiger partial charge on any atom is -0.481 e. The molecule has 0 radical (unpaired) electrons. The molecule has 0 saturated heterocycles. The summed E-state index contributed by atoms with van der Waals surface area (Å²) in [5.74, 6) is -1.65. The lowest BCUT2D eigenvalue weighted by atomic mass is 9.54. The molecule has 1 amide bonds. The number of ether oxygens (including phenoxy) is 1. The van der Waals surface area contributed by atoms with Crippen molar-refractivity contribution in [1.29, 1.82) is 0 Å². The molecule has 50 heavy (non-hydrogen) atoms. The van der Waals surface area contributed by atoms with Crippen LogP contribution >= 0.6 is 7.37 Å². The van der Waals surface area contributed by atoms with Crippen molar-refractivity contribution in [2.45, 2.75) is 62.2 Å². The molecular weight excluding hydrogens is 645 g/mol. The van der Waals surface area contributed by atoms with Crippen molar-refractivity contribution in [3.63, 3.8) is 0 Å². The fourth-order valence-corrected chi connectivity index (χ4v) is 13.0. The third-order valence-electron chi connectivity index (χ3n) is 11.6. The molecule has 0 aliphatic heterocycles. The Morgan fingerprint density at radius 2 is 1.28 bits per heavy atom. The van der Waals surface area contributed by atoms with E-state index in [-0.39, 0.29) is 25.1 Å². The molecule has 0 heterocycles. The Bertz CT molecular complexity index is 1830. The second kappa shape index (κ2) is 13.5. The summed E-state index contributed by atoms with van der Waals surface area (Å²) in [6.45, 7) is 0.104. The third-order valence-corrected chi connectivity index (χ3v) is 14.4. The standard InChI is InChI=1S/C42H44NO6P/c44-40(45)33(22-28-11-3-1-4-12-28)27-50(47,49-42-23-29-19-30(24-42)21-31(20-29)25-42)39(32-13-5-2-6-14-32)43-41(46)48-26-38-36-17-9-7-15-34(36)35-16-8-10-18-37(35)38/h1-18,29-31,33,38-39H,19-27H2,(H,43,46)(H,44,45). The van der Waals surface area contributed by atoms with Gasteiger partial charge in [0.05, 0.1) is 11.5 Å². The van der Waals surface area contributed by atoms with E-state index in [1.165, 1.54) is 19.3 Å². The summed E-state index contributed by atoms with van der Waals surface area (Å²) in [6.07, 6.45) is 5.31. The monoisotopic (exact) mass is 689 g/mol. The van der Waals surface area contributed by atoms with Crippen LogP contribution in [0.3, 0.4) is 0 Å². The first-order valence-electron chi connectivity index (χ1n) is 18.0. The maximum atomic E-state index is 15.9. The second-order valence-electron chi connectivity index (χ2n) is 15.1. The van der Waals surface area contributed by atoms with Crippen LogP contribution in [0.1, 0.15) is 72.5 Å². The number of carboxylic acids is 1. The van der Waals surface area contributed by atoms with Crippen LogP contribution in [-0.2, 0) is 25.0 Å². The maximum absolute atomic E-state index is 15.9. The molecule has 4 bridgehead atoms. The van der Waals surface area contributed by atoms with Crippen molar-refractivity contribution in [1.82, 2.24) is 5.32 Å². The van der Waals surface area contributed by atoms with Gasteiger partial charge in [-0.3, -0.25) is 9.36 Å². The average molecular weight is 690 g/mol. The number of carbonyl (C=O) groups is 2. The Morgan fingerprint density at radius 1 is 0.760 bits per heavy atom. The van der Waals surface area contributed by atoms with Crippen molar-refractivity contribution in [2.75, 3.05) is 12.8 Å².